The molecule has 4 aromatic carbocycles. The third-order valence-electron chi connectivity index (χ3n) is 7.08. The van der Waals surface area contributed by atoms with Gasteiger partial charge in [0.2, 0.25) is 0 Å². The maximum atomic E-state index is 12.5. The predicted octanol–water partition coefficient (Wildman–Crippen LogP) is 7.58. The van der Waals surface area contributed by atoms with E-state index in [1.165, 1.54) is 22.3 Å². The minimum absolute atomic E-state index is 0.0850. The average Bonchev–Trinajstić information content (AvgIpc) is 3.20. The molecule has 1 heterocycles. The number of anilines is 1. The number of amides is 1. The van der Waals surface area contributed by atoms with Gasteiger partial charge in [0.15, 0.2) is 0 Å². The molecule has 0 saturated heterocycles. The van der Waals surface area contributed by atoms with Crippen molar-refractivity contribution in [3.05, 3.63) is 125 Å². The highest BCUT2D eigenvalue weighted by atomic mass is 16.2. The number of carbonyl (C=O) groups excluding carboxylic acids is 1. The topological polar surface area (TPSA) is 20.3 Å². The summed E-state index contributed by atoms with van der Waals surface area (Å²) in [6.07, 6.45) is 0. The molecule has 0 fully saturated rings. The van der Waals surface area contributed by atoms with Gasteiger partial charge in [-0.3, -0.25) is 9.69 Å². The van der Waals surface area contributed by atoms with Crippen molar-refractivity contribution in [2.75, 3.05) is 4.90 Å². The first-order valence-electron chi connectivity index (χ1n) is 11.5. The van der Waals surface area contributed by atoms with Gasteiger partial charge in [-0.25, -0.2) is 0 Å². The Morgan fingerprint density at radius 3 is 1.45 bits per heavy atom. The van der Waals surface area contributed by atoms with E-state index in [4.69, 9.17) is 0 Å². The van der Waals surface area contributed by atoms with Gasteiger partial charge in [0.25, 0.3) is 5.91 Å². The zero-order valence-electron chi connectivity index (χ0n) is 19.7. The second-order valence-electron chi connectivity index (χ2n) is 9.80. The van der Waals surface area contributed by atoms with Crippen molar-refractivity contribution >= 4 is 11.6 Å². The van der Waals surface area contributed by atoms with Crippen LogP contribution in [0.3, 0.4) is 0 Å². The van der Waals surface area contributed by atoms with Gasteiger partial charge in [-0.2, -0.15) is 0 Å². The zero-order chi connectivity index (χ0) is 23.2. The Kier molecular flexibility index (Phi) is 4.97. The van der Waals surface area contributed by atoms with Crippen LogP contribution in [-0.4, -0.2) is 5.91 Å². The van der Waals surface area contributed by atoms with E-state index in [0.717, 1.165) is 16.8 Å². The summed E-state index contributed by atoms with van der Waals surface area (Å²) in [5.41, 5.74) is 8.42. The van der Waals surface area contributed by atoms with E-state index < -0.39 is 0 Å². The molecule has 0 bridgehead atoms. The van der Waals surface area contributed by atoms with Gasteiger partial charge in [-0.1, -0.05) is 98.8 Å². The fourth-order valence-corrected chi connectivity index (χ4v) is 5.39. The molecule has 1 aliphatic heterocycles. The lowest BCUT2D eigenvalue weighted by Gasteiger charge is -2.32. The normalized spacial score (nSPS) is 16.4. The van der Waals surface area contributed by atoms with Gasteiger partial charge in [0.1, 0.15) is 0 Å². The van der Waals surface area contributed by atoms with Crippen LogP contribution in [0.2, 0.25) is 0 Å². The Morgan fingerprint density at radius 2 is 0.939 bits per heavy atom. The fourth-order valence-electron chi connectivity index (χ4n) is 5.39. The van der Waals surface area contributed by atoms with Crippen LogP contribution < -0.4 is 4.90 Å². The Balaban J connectivity index is 0.000000140. The van der Waals surface area contributed by atoms with E-state index in [1.54, 1.807) is 0 Å². The molecule has 0 N–H and O–H groups in total. The Labute approximate surface area is 196 Å². The van der Waals surface area contributed by atoms with E-state index in [-0.39, 0.29) is 16.9 Å². The smallest absolute Gasteiger partial charge is 0.259 e. The Bertz CT molecular complexity index is 1290. The fraction of sp³-hybridized carbons (Fsp3) is 0.194. The van der Waals surface area contributed by atoms with Crippen molar-refractivity contribution in [2.45, 2.75) is 38.6 Å². The van der Waals surface area contributed by atoms with Crippen LogP contribution in [0.25, 0.3) is 11.1 Å². The molecule has 0 spiro atoms. The molecule has 33 heavy (non-hydrogen) atoms. The minimum Gasteiger partial charge on any atom is -0.299 e. The summed E-state index contributed by atoms with van der Waals surface area (Å²) in [7, 11) is 0. The molecule has 4 aromatic rings. The highest BCUT2D eigenvalue weighted by Crippen LogP contribution is 2.48. The highest BCUT2D eigenvalue weighted by Gasteiger charge is 2.43. The van der Waals surface area contributed by atoms with Crippen molar-refractivity contribution in [1.82, 2.24) is 0 Å². The summed E-state index contributed by atoms with van der Waals surface area (Å²) in [4.78, 5) is 14.4. The van der Waals surface area contributed by atoms with Gasteiger partial charge in [-0.15, -0.1) is 0 Å². The molecule has 164 valence electrons. The molecule has 1 aliphatic carbocycles. The number of benzene rings is 4. The summed E-state index contributed by atoms with van der Waals surface area (Å²) >= 11 is 0. The number of fused-ring (bicyclic) bond motifs is 4. The van der Waals surface area contributed by atoms with Crippen molar-refractivity contribution in [3.63, 3.8) is 0 Å². The number of para-hydroxylation sites is 1. The summed E-state index contributed by atoms with van der Waals surface area (Å²) in [5, 5.41) is 0. The second kappa shape index (κ2) is 7.74. The lowest BCUT2D eigenvalue weighted by atomic mass is 9.82. The van der Waals surface area contributed by atoms with Crippen LogP contribution in [0.4, 0.5) is 5.69 Å². The predicted molar refractivity (Wildman–Crippen MR) is 137 cm³/mol. The molecule has 2 nitrogen and oxygen atoms in total. The molecule has 6 rings (SSSR count). The van der Waals surface area contributed by atoms with Gasteiger partial charge in [0.05, 0.1) is 5.54 Å². The molecule has 0 radical (unpaired) electrons. The van der Waals surface area contributed by atoms with Crippen LogP contribution in [0.15, 0.2) is 103 Å². The molecule has 0 aromatic heterocycles. The molecular weight excluding hydrogens is 402 g/mol. The molecule has 0 atom stereocenters. The Hall–Kier alpha value is -3.65. The van der Waals surface area contributed by atoms with Gasteiger partial charge >= 0.3 is 0 Å². The van der Waals surface area contributed by atoms with Crippen molar-refractivity contribution < 1.29 is 4.79 Å². The first-order valence-corrected chi connectivity index (χ1v) is 11.5. The number of rotatable bonds is 1. The monoisotopic (exact) mass is 431 g/mol. The summed E-state index contributed by atoms with van der Waals surface area (Å²) < 4.78 is 0. The maximum absolute atomic E-state index is 12.5. The van der Waals surface area contributed by atoms with Crippen LogP contribution in [0, 0.1) is 0 Å². The second-order valence-corrected chi connectivity index (χ2v) is 9.80. The van der Waals surface area contributed by atoms with Gasteiger partial charge in [0, 0.05) is 16.7 Å². The van der Waals surface area contributed by atoms with E-state index in [9.17, 15) is 4.79 Å². The van der Waals surface area contributed by atoms with Crippen molar-refractivity contribution in [1.29, 1.82) is 0 Å². The van der Waals surface area contributed by atoms with E-state index in [2.05, 4.69) is 76.2 Å². The minimum atomic E-state index is -0.297. The van der Waals surface area contributed by atoms with E-state index >= 15 is 0 Å². The lowest BCUT2D eigenvalue weighted by molar-refractivity contribution is 0.0982. The standard InChI is InChI=1S/C16H15NO.C15H14/c1-16(2)14-11-7-6-10-13(14)15(18)17(16)12-8-4-3-5-9-12;1-15(2)13-9-5-3-7-11(13)12-8-4-6-10-14(12)15/h3-11H,1-2H3;3-10H,1-2H3. The van der Waals surface area contributed by atoms with E-state index in [0.29, 0.717) is 0 Å². The summed E-state index contributed by atoms with van der Waals surface area (Å²) in [6, 6.07) is 35.1. The first kappa shape index (κ1) is 21.2. The number of nitrogens with zero attached hydrogens (tertiary/aromatic N) is 1. The largest absolute Gasteiger partial charge is 0.299 e. The lowest BCUT2D eigenvalue weighted by Crippen LogP contribution is -2.39. The summed E-state index contributed by atoms with van der Waals surface area (Å²) in [5.74, 6) is 0.0850. The highest BCUT2D eigenvalue weighted by molar-refractivity contribution is 6.11. The molecule has 0 saturated carbocycles. The van der Waals surface area contributed by atoms with Crippen LogP contribution in [0.1, 0.15) is 54.7 Å². The van der Waals surface area contributed by atoms with Gasteiger partial charge < -0.3 is 0 Å². The van der Waals surface area contributed by atoms with Crippen molar-refractivity contribution in [3.8, 4) is 11.1 Å². The number of carbonyl (C=O) groups is 1. The maximum Gasteiger partial charge on any atom is 0.259 e. The molecular formula is C31H29NO. The van der Waals surface area contributed by atoms with E-state index in [1.807, 2.05) is 59.5 Å². The first-order chi connectivity index (χ1) is 15.8. The van der Waals surface area contributed by atoms with Crippen LogP contribution >= 0.6 is 0 Å². The quantitative estimate of drug-likeness (QED) is 0.304. The average molecular weight is 432 g/mol. The molecule has 2 heteroatoms. The van der Waals surface area contributed by atoms with Gasteiger partial charge in [-0.05, 0) is 59.9 Å². The zero-order valence-corrected chi connectivity index (χ0v) is 19.7. The number of hydrogen-bond acceptors (Lipinski definition) is 1. The molecule has 2 aliphatic rings. The van der Waals surface area contributed by atoms with Crippen LogP contribution in [-0.2, 0) is 11.0 Å². The molecule has 1 amide bonds. The Morgan fingerprint density at radius 1 is 0.515 bits per heavy atom. The summed E-state index contributed by atoms with van der Waals surface area (Å²) in [6.45, 7) is 8.78. The molecule has 0 unspecified atom stereocenters. The van der Waals surface area contributed by atoms with Crippen molar-refractivity contribution in [2.24, 2.45) is 0 Å². The third-order valence-corrected chi connectivity index (χ3v) is 7.08. The third kappa shape index (κ3) is 3.29. The van der Waals surface area contributed by atoms with Crippen LogP contribution in [0.5, 0.6) is 0 Å². The SMILES string of the molecule is CC1(C)c2ccccc2-c2ccccc21.CC1(C)c2ccccc2C(=O)N1c1ccccc1. The number of hydrogen-bond donors (Lipinski definition) is 0.